The number of rotatable bonds is 20. The smallest absolute Gasteiger partial charge is 0.373 e. The van der Waals surface area contributed by atoms with Gasteiger partial charge in [-0.2, -0.15) is 0 Å². The van der Waals surface area contributed by atoms with E-state index in [1.165, 1.54) is 0 Å². The van der Waals surface area contributed by atoms with Crippen LogP contribution in [0, 0.1) is 0 Å². The maximum absolute atomic E-state index is 12.2. The second-order valence-electron chi connectivity index (χ2n) is 8.32. The van der Waals surface area contributed by atoms with Gasteiger partial charge in [0, 0.05) is 13.5 Å². The first-order chi connectivity index (χ1) is 19.1. The van der Waals surface area contributed by atoms with E-state index in [-0.39, 0.29) is 19.2 Å². The summed E-state index contributed by atoms with van der Waals surface area (Å²) in [5.41, 5.74) is 1.78. The van der Waals surface area contributed by atoms with E-state index in [9.17, 15) is 4.79 Å². The molecule has 0 radical (unpaired) electrons. The van der Waals surface area contributed by atoms with Crippen LogP contribution in [-0.2, 0) is 30.2 Å². The summed E-state index contributed by atoms with van der Waals surface area (Å²) in [6.45, 7) is 8.36. The lowest BCUT2D eigenvalue weighted by Crippen LogP contribution is -2.10. The highest BCUT2D eigenvalue weighted by molar-refractivity contribution is 5.91. The Labute approximate surface area is 231 Å². The average Bonchev–Trinajstić information content (AvgIpc) is 2.94. The van der Waals surface area contributed by atoms with Crippen molar-refractivity contribution in [2.75, 3.05) is 60.7 Å². The molecule has 2 aromatic carbocycles. The highest BCUT2D eigenvalue weighted by Crippen LogP contribution is 2.31. The van der Waals surface area contributed by atoms with Crippen LogP contribution < -0.4 is 18.9 Å². The lowest BCUT2D eigenvalue weighted by atomic mass is 10.1. The summed E-state index contributed by atoms with van der Waals surface area (Å²) in [5, 5.41) is 0. The molecule has 0 saturated heterocycles. The molecular formula is C30H42O9. The highest BCUT2D eigenvalue weighted by atomic mass is 16.7. The van der Waals surface area contributed by atoms with Gasteiger partial charge in [-0.15, -0.1) is 0 Å². The van der Waals surface area contributed by atoms with Gasteiger partial charge in [0.25, 0.3) is 0 Å². The largest absolute Gasteiger partial charge is 0.493 e. The van der Waals surface area contributed by atoms with Gasteiger partial charge in [-0.25, -0.2) is 4.79 Å². The van der Waals surface area contributed by atoms with Crippen molar-refractivity contribution in [3.63, 3.8) is 0 Å². The molecule has 0 fully saturated rings. The van der Waals surface area contributed by atoms with Gasteiger partial charge < -0.3 is 37.9 Å². The molecule has 0 amide bonds. The number of esters is 1. The predicted molar refractivity (Wildman–Crippen MR) is 149 cm³/mol. The van der Waals surface area contributed by atoms with Crippen molar-refractivity contribution < 1.29 is 42.7 Å². The number of hydrogen-bond donors (Lipinski definition) is 0. The van der Waals surface area contributed by atoms with E-state index in [1.54, 1.807) is 27.2 Å². The fourth-order valence-electron chi connectivity index (χ4n) is 3.41. The minimum atomic E-state index is -0.501. The van der Waals surface area contributed by atoms with Gasteiger partial charge in [0.15, 0.2) is 29.8 Å². The van der Waals surface area contributed by atoms with E-state index in [1.807, 2.05) is 43.3 Å². The zero-order chi connectivity index (χ0) is 28.3. The summed E-state index contributed by atoms with van der Waals surface area (Å²) in [4.78, 5) is 12.2. The molecule has 39 heavy (non-hydrogen) atoms. The molecule has 0 saturated carbocycles. The summed E-state index contributed by atoms with van der Waals surface area (Å²) in [6.07, 6.45) is 4.22. The fourth-order valence-corrected chi connectivity index (χ4v) is 3.41. The molecule has 0 aliphatic carbocycles. The highest BCUT2D eigenvalue weighted by Gasteiger charge is 2.14. The number of carbonyl (C=O) groups excluding carboxylic acids is 1. The molecular weight excluding hydrogens is 504 g/mol. The van der Waals surface area contributed by atoms with Gasteiger partial charge in [0.05, 0.1) is 46.8 Å². The van der Waals surface area contributed by atoms with Crippen LogP contribution in [0.4, 0.5) is 0 Å². The third kappa shape index (κ3) is 11.5. The first-order valence-electron chi connectivity index (χ1n) is 13.3. The number of ether oxygens (including phenoxy) is 8. The second-order valence-corrected chi connectivity index (χ2v) is 8.32. The lowest BCUT2D eigenvalue weighted by Gasteiger charge is -2.15. The molecule has 0 unspecified atom stereocenters. The third-order valence-electron chi connectivity index (χ3n) is 5.40. The van der Waals surface area contributed by atoms with Gasteiger partial charge in [-0.05, 0) is 61.7 Å². The molecule has 9 nitrogen and oxygen atoms in total. The van der Waals surface area contributed by atoms with Crippen LogP contribution in [-0.4, -0.2) is 66.6 Å². The van der Waals surface area contributed by atoms with Crippen LogP contribution in [0.15, 0.2) is 42.2 Å². The van der Waals surface area contributed by atoms with Crippen molar-refractivity contribution in [3.8, 4) is 23.0 Å². The fraction of sp³-hybridized carbons (Fsp3) is 0.500. The van der Waals surface area contributed by atoms with E-state index in [4.69, 9.17) is 37.9 Å². The van der Waals surface area contributed by atoms with Gasteiger partial charge in [0.1, 0.15) is 0 Å². The number of unbranched alkanes of at least 4 members (excludes halogenated alkanes) is 1. The van der Waals surface area contributed by atoms with Crippen molar-refractivity contribution >= 4 is 12.0 Å². The van der Waals surface area contributed by atoms with E-state index >= 15 is 0 Å². The molecule has 0 bridgehead atoms. The molecule has 0 atom stereocenters. The second kappa shape index (κ2) is 18.8. The minimum absolute atomic E-state index is 0.111. The molecule has 216 valence electrons. The summed E-state index contributed by atoms with van der Waals surface area (Å²) < 4.78 is 44.2. The van der Waals surface area contributed by atoms with Gasteiger partial charge in [-0.1, -0.05) is 25.5 Å². The third-order valence-corrected chi connectivity index (χ3v) is 5.40. The molecule has 0 aliphatic rings. The van der Waals surface area contributed by atoms with Crippen molar-refractivity contribution in [2.45, 2.75) is 40.0 Å². The Morgan fingerprint density at radius 2 is 1.51 bits per heavy atom. The van der Waals surface area contributed by atoms with Crippen LogP contribution in [0.25, 0.3) is 6.08 Å². The molecule has 0 N–H and O–H groups in total. The normalized spacial score (nSPS) is 11.2. The van der Waals surface area contributed by atoms with E-state index in [0.29, 0.717) is 62.5 Å². The molecule has 0 aliphatic heterocycles. The number of hydrogen-bond acceptors (Lipinski definition) is 9. The van der Waals surface area contributed by atoms with Crippen molar-refractivity contribution in [1.82, 2.24) is 0 Å². The summed E-state index contributed by atoms with van der Waals surface area (Å²) >= 11 is 0. The Bertz CT molecular complexity index is 1020. The Kier molecular flexibility index (Phi) is 15.3. The summed E-state index contributed by atoms with van der Waals surface area (Å²) in [7, 11) is 3.22. The zero-order valence-corrected chi connectivity index (χ0v) is 23.8. The topological polar surface area (TPSA) is 90.9 Å². The molecule has 9 heteroatoms. The molecule has 0 heterocycles. The van der Waals surface area contributed by atoms with Gasteiger partial charge in [-0.3, -0.25) is 0 Å². The number of methoxy groups -OCH3 is 2. The van der Waals surface area contributed by atoms with Gasteiger partial charge in [0.2, 0.25) is 5.76 Å². The van der Waals surface area contributed by atoms with Crippen LogP contribution in [0.5, 0.6) is 23.0 Å². The summed E-state index contributed by atoms with van der Waals surface area (Å²) in [5.74, 6) is 2.09. The maximum Gasteiger partial charge on any atom is 0.373 e. The van der Waals surface area contributed by atoms with E-state index in [0.717, 1.165) is 24.0 Å². The summed E-state index contributed by atoms with van der Waals surface area (Å²) in [6, 6.07) is 11.3. The van der Waals surface area contributed by atoms with Crippen molar-refractivity contribution in [1.29, 1.82) is 0 Å². The maximum atomic E-state index is 12.2. The van der Waals surface area contributed by atoms with Crippen LogP contribution in [0.3, 0.4) is 0 Å². The Balaban J connectivity index is 2.08. The van der Waals surface area contributed by atoms with Crippen LogP contribution in [0.2, 0.25) is 0 Å². The van der Waals surface area contributed by atoms with E-state index < -0.39 is 5.97 Å². The monoisotopic (exact) mass is 546 g/mol. The van der Waals surface area contributed by atoms with E-state index in [2.05, 4.69) is 6.92 Å². The number of carbonyl (C=O) groups is 1. The van der Waals surface area contributed by atoms with Crippen molar-refractivity contribution in [3.05, 3.63) is 53.3 Å². The van der Waals surface area contributed by atoms with Gasteiger partial charge >= 0.3 is 5.97 Å². The van der Waals surface area contributed by atoms with Crippen molar-refractivity contribution in [2.24, 2.45) is 0 Å². The number of benzene rings is 2. The lowest BCUT2D eigenvalue weighted by molar-refractivity contribution is -0.142. The first kappa shape index (κ1) is 31.8. The molecule has 0 spiro atoms. The Morgan fingerprint density at radius 3 is 2.23 bits per heavy atom. The van der Waals surface area contributed by atoms with Crippen LogP contribution >= 0.6 is 0 Å². The zero-order valence-electron chi connectivity index (χ0n) is 23.8. The minimum Gasteiger partial charge on any atom is -0.493 e. The molecule has 2 rings (SSSR count). The van der Waals surface area contributed by atoms with Crippen LogP contribution in [0.1, 0.15) is 44.7 Å². The molecule has 0 aromatic heterocycles. The standard InChI is InChI=1S/C30H42O9/c1-6-9-15-37-28-20-24(21-29(35-7-2)30(31)36-8-3)11-13-26(28)38-16-14-23-10-12-25(27(19-23)33-5)39-22-34-18-17-32-4/h10-13,19-21H,6-9,14-18,22H2,1-5H3/b29-21-. The average molecular weight is 547 g/mol. The Morgan fingerprint density at radius 1 is 0.769 bits per heavy atom. The molecule has 2 aromatic rings. The Hall–Kier alpha value is -3.43. The first-order valence-corrected chi connectivity index (χ1v) is 13.3. The predicted octanol–water partition coefficient (Wildman–Crippen LogP) is 5.44. The quantitative estimate of drug-likeness (QED) is 0.0708. The SMILES string of the molecule is CCCCOc1cc(/C=C(\OCC)C(=O)OCC)ccc1OCCc1ccc(OCOCCOC)c(OC)c1.